The molecule has 9 N–H and O–H groups in total. The van der Waals surface area contributed by atoms with Crippen LogP contribution in [-0.2, 0) is 18.9 Å². The maximum atomic E-state index is 12.0. The van der Waals surface area contributed by atoms with Crippen LogP contribution < -0.4 is 0 Å². The lowest BCUT2D eigenvalue weighted by atomic mass is 9.35. The summed E-state index contributed by atoms with van der Waals surface area (Å²) in [5.74, 6) is 0.154. The maximum absolute atomic E-state index is 12.0. The zero-order chi connectivity index (χ0) is 40.3. The van der Waals surface area contributed by atoms with E-state index in [-0.39, 0.29) is 46.7 Å². The van der Waals surface area contributed by atoms with Crippen molar-refractivity contribution in [2.75, 3.05) is 19.8 Å². The molecule has 3 unspecified atom stereocenters. The number of fused-ring (bicyclic) bond motifs is 6. The Morgan fingerprint density at radius 1 is 0.745 bits per heavy atom. The lowest BCUT2D eigenvalue weighted by Gasteiger charge is -2.70. The summed E-state index contributed by atoms with van der Waals surface area (Å²) >= 11 is 0. The van der Waals surface area contributed by atoms with Crippen molar-refractivity contribution < 1.29 is 64.9 Å². The topological polar surface area (TPSA) is 219 Å². The lowest BCUT2D eigenvalue weighted by Crippen LogP contribution is -2.67. The molecule has 2 aliphatic heterocycles. The predicted octanol–water partition coefficient (Wildman–Crippen LogP) is 1.68. The highest BCUT2D eigenvalue weighted by atomic mass is 16.7. The number of hydrogen-bond donors (Lipinski definition) is 9. The number of ether oxygens (including phenoxy) is 4. The van der Waals surface area contributed by atoms with Crippen LogP contribution in [0.5, 0.6) is 0 Å². The van der Waals surface area contributed by atoms with Gasteiger partial charge in [-0.05, 0) is 91.9 Å². The minimum absolute atomic E-state index is 0.0212. The molecule has 0 radical (unpaired) electrons. The van der Waals surface area contributed by atoms with Gasteiger partial charge >= 0.3 is 0 Å². The van der Waals surface area contributed by atoms with Crippen LogP contribution in [0.2, 0.25) is 0 Å². The highest BCUT2D eigenvalue weighted by Crippen LogP contribution is 2.74. The molecule has 2 saturated heterocycles. The fourth-order valence-corrected chi connectivity index (χ4v) is 13.0. The van der Waals surface area contributed by atoms with E-state index in [0.29, 0.717) is 12.8 Å². The van der Waals surface area contributed by atoms with Crippen molar-refractivity contribution >= 4 is 0 Å². The molecule has 314 valence electrons. The summed E-state index contributed by atoms with van der Waals surface area (Å²) in [5, 5.41) is 97.6. The monoisotopic (exact) mass is 780 g/mol. The first-order valence-corrected chi connectivity index (χ1v) is 20.6. The Hall–Kier alpha value is -1.04. The van der Waals surface area contributed by atoms with Gasteiger partial charge in [0, 0.05) is 16.2 Å². The second-order valence-corrected chi connectivity index (χ2v) is 20.3. The van der Waals surface area contributed by atoms with E-state index in [2.05, 4.69) is 46.8 Å². The smallest absolute Gasteiger partial charge is 0.187 e. The van der Waals surface area contributed by atoms with Gasteiger partial charge in [0.25, 0.3) is 0 Å². The second-order valence-electron chi connectivity index (χ2n) is 20.3. The molecule has 0 aromatic rings. The van der Waals surface area contributed by atoms with Crippen LogP contribution in [0.15, 0.2) is 23.3 Å². The van der Waals surface area contributed by atoms with Gasteiger partial charge in [-0.15, -0.1) is 0 Å². The summed E-state index contributed by atoms with van der Waals surface area (Å²) in [5.41, 5.74) is 0.476. The summed E-state index contributed by atoms with van der Waals surface area (Å²) in [6.45, 7) is 14.4. The summed E-state index contributed by atoms with van der Waals surface area (Å²) < 4.78 is 24.0. The molecule has 19 atom stereocenters. The van der Waals surface area contributed by atoms with Crippen molar-refractivity contribution in [2.45, 2.75) is 173 Å². The number of allylic oxidation sites excluding steroid dienone is 3. The highest BCUT2D eigenvalue weighted by molar-refractivity contribution is 5.47. The molecule has 7 rings (SSSR count). The first kappa shape index (κ1) is 42.1. The Bertz CT molecular complexity index is 1500. The average Bonchev–Trinajstić information content (AvgIpc) is 3.13. The van der Waals surface area contributed by atoms with E-state index in [0.717, 1.165) is 38.5 Å². The Morgan fingerprint density at radius 2 is 1.44 bits per heavy atom. The summed E-state index contributed by atoms with van der Waals surface area (Å²) in [6.07, 6.45) is -4.63. The number of aliphatic hydroxyl groups is 9. The standard InChI is InChI=1S/C42H68O13/c1-21-29(47)34(55-35-32(50)31(49)30(48)24(18-43)53-35)33(51)36(52-21)54-28-11-12-38(4)25(39(28,5)19-44)10-13-40(6)26(38)9-8-22-23-16-37(2,3)14-15-42(23,20-45)27(46)17-41(22,40)7/h8-9,21,24-36,43-51H,10-20H2,1-7H3/t21-,24-,25?,26?,27+,28?,29+,30-,31+,32-,33-,34+,35+,36+,38+,39+,40-,41-,42-/m1/s1. The van der Waals surface area contributed by atoms with Gasteiger partial charge < -0.3 is 64.9 Å². The molecule has 7 aliphatic rings. The van der Waals surface area contributed by atoms with Gasteiger partial charge in [0.05, 0.1) is 38.1 Å². The molecule has 0 bridgehead atoms. The van der Waals surface area contributed by atoms with Crippen LogP contribution in [0.1, 0.15) is 99.8 Å². The van der Waals surface area contributed by atoms with Crippen LogP contribution in [-0.4, -0.2) is 139 Å². The quantitative estimate of drug-likeness (QED) is 0.168. The van der Waals surface area contributed by atoms with Gasteiger partial charge in [0.2, 0.25) is 0 Å². The maximum Gasteiger partial charge on any atom is 0.187 e. The average molecular weight is 781 g/mol. The number of hydrogen-bond acceptors (Lipinski definition) is 13. The van der Waals surface area contributed by atoms with Crippen molar-refractivity contribution in [2.24, 2.45) is 44.3 Å². The Balaban J connectivity index is 1.15. The Kier molecular flexibility index (Phi) is 11.0. The summed E-state index contributed by atoms with van der Waals surface area (Å²) in [4.78, 5) is 0. The molecule has 13 heteroatoms. The van der Waals surface area contributed by atoms with E-state index in [4.69, 9.17) is 18.9 Å². The van der Waals surface area contributed by atoms with E-state index in [1.165, 1.54) is 11.1 Å². The zero-order valence-electron chi connectivity index (χ0n) is 33.7. The van der Waals surface area contributed by atoms with E-state index in [9.17, 15) is 46.0 Å². The minimum Gasteiger partial charge on any atom is -0.396 e. The molecular formula is C42H68O13. The van der Waals surface area contributed by atoms with E-state index >= 15 is 0 Å². The van der Waals surface area contributed by atoms with E-state index in [1.807, 2.05) is 6.92 Å². The second kappa shape index (κ2) is 14.3. The zero-order valence-corrected chi connectivity index (χ0v) is 33.7. The molecule has 0 spiro atoms. The molecule has 0 aromatic carbocycles. The van der Waals surface area contributed by atoms with Crippen LogP contribution in [0, 0.1) is 44.3 Å². The van der Waals surface area contributed by atoms with Crippen molar-refractivity contribution in [1.82, 2.24) is 0 Å². The third kappa shape index (κ3) is 6.12. The molecule has 3 saturated carbocycles. The van der Waals surface area contributed by atoms with Crippen LogP contribution in [0.3, 0.4) is 0 Å². The molecule has 55 heavy (non-hydrogen) atoms. The van der Waals surface area contributed by atoms with Crippen LogP contribution >= 0.6 is 0 Å². The van der Waals surface area contributed by atoms with Gasteiger partial charge in [-0.25, -0.2) is 0 Å². The van der Waals surface area contributed by atoms with Gasteiger partial charge in [-0.3, -0.25) is 0 Å². The lowest BCUT2D eigenvalue weighted by molar-refractivity contribution is -0.367. The normalized spacial score (nSPS) is 54.9. The van der Waals surface area contributed by atoms with E-state index in [1.54, 1.807) is 6.92 Å². The molecule has 0 amide bonds. The molecule has 2 heterocycles. The van der Waals surface area contributed by atoms with Crippen LogP contribution in [0.25, 0.3) is 0 Å². The Labute approximate surface area is 325 Å². The van der Waals surface area contributed by atoms with Crippen LogP contribution in [0.4, 0.5) is 0 Å². The molecular weight excluding hydrogens is 712 g/mol. The molecule has 5 fully saturated rings. The minimum atomic E-state index is -1.73. The van der Waals surface area contributed by atoms with Gasteiger partial charge in [-0.1, -0.05) is 59.3 Å². The molecule has 5 aliphatic carbocycles. The van der Waals surface area contributed by atoms with Crippen molar-refractivity contribution in [3.63, 3.8) is 0 Å². The third-order valence-electron chi connectivity index (χ3n) is 16.8. The molecule has 0 aromatic heterocycles. The summed E-state index contributed by atoms with van der Waals surface area (Å²) in [6, 6.07) is 0. The van der Waals surface area contributed by atoms with Crippen molar-refractivity contribution in [3.05, 3.63) is 23.3 Å². The fourth-order valence-electron chi connectivity index (χ4n) is 13.0. The first-order valence-electron chi connectivity index (χ1n) is 20.6. The highest BCUT2D eigenvalue weighted by Gasteiger charge is 2.69. The van der Waals surface area contributed by atoms with Crippen molar-refractivity contribution in [3.8, 4) is 0 Å². The largest absolute Gasteiger partial charge is 0.396 e. The fraction of sp³-hybridized carbons (Fsp3) is 0.905. The predicted molar refractivity (Wildman–Crippen MR) is 199 cm³/mol. The SMILES string of the molecule is C[C@H]1O[C@@H](OC2CC[C@@]3(C)C(CC[C@]4(C)C3C=CC3=C5CC(C)(C)CC[C@]5(CO)[C@@H](O)C[C@]34C)[C@]2(C)CO)[C@H](O)[C@@H](O[C@@H]2O[C@H](CO)[C@@H](O)[C@H](O)[C@H]2O)[C@H]1O. The Morgan fingerprint density at radius 3 is 2.09 bits per heavy atom. The van der Waals surface area contributed by atoms with Gasteiger partial charge in [0.1, 0.15) is 42.7 Å². The first-order chi connectivity index (χ1) is 25.7. The number of rotatable bonds is 7. The summed E-state index contributed by atoms with van der Waals surface area (Å²) in [7, 11) is 0. The van der Waals surface area contributed by atoms with Crippen molar-refractivity contribution in [1.29, 1.82) is 0 Å². The van der Waals surface area contributed by atoms with Gasteiger partial charge in [-0.2, -0.15) is 0 Å². The van der Waals surface area contributed by atoms with Gasteiger partial charge in [0.15, 0.2) is 12.6 Å². The number of aliphatic hydroxyl groups excluding tert-OH is 9. The third-order valence-corrected chi connectivity index (χ3v) is 16.8. The van der Waals surface area contributed by atoms with E-state index < -0.39 is 91.1 Å². The molecule has 13 nitrogen and oxygen atoms in total.